The lowest BCUT2D eigenvalue weighted by atomic mass is 10.1. The smallest absolute Gasteiger partial charge is 0.123 e. The third-order valence-corrected chi connectivity index (χ3v) is 3.81. The van der Waals surface area contributed by atoms with Crippen LogP contribution in [0.1, 0.15) is 11.1 Å². The highest BCUT2D eigenvalue weighted by molar-refractivity contribution is 9.10. The van der Waals surface area contributed by atoms with Gasteiger partial charge >= 0.3 is 0 Å². The zero-order valence-electron chi connectivity index (χ0n) is 10.3. The molecule has 0 bridgehead atoms. The Morgan fingerprint density at radius 3 is 2.79 bits per heavy atom. The highest BCUT2D eigenvalue weighted by Gasteiger charge is 2.01. The van der Waals surface area contributed by atoms with Crippen LogP contribution in [0.2, 0.25) is 5.02 Å². The zero-order valence-corrected chi connectivity index (χ0v) is 12.6. The van der Waals surface area contributed by atoms with Crippen LogP contribution in [0, 0.1) is 5.82 Å². The monoisotopic (exact) mass is 341 g/mol. The van der Waals surface area contributed by atoms with Crippen LogP contribution in [0.5, 0.6) is 0 Å². The van der Waals surface area contributed by atoms with E-state index in [1.807, 2.05) is 24.3 Å². The molecule has 0 unspecified atom stereocenters. The number of benzene rings is 2. The van der Waals surface area contributed by atoms with Gasteiger partial charge in [-0.15, -0.1) is 0 Å². The highest BCUT2D eigenvalue weighted by atomic mass is 79.9. The van der Waals surface area contributed by atoms with Crippen molar-refractivity contribution in [3.8, 4) is 0 Å². The first-order chi connectivity index (χ1) is 9.15. The van der Waals surface area contributed by atoms with E-state index in [0.29, 0.717) is 0 Å². The molecule has 0 heterocycles. The molecule has 2 rings (SSSR count). The van der Waals surface area contributed by atoms with Crippen molar-refractivity contribution in [2.45, 2.75) is 13.0 Å². The fourth-order valence-corrected chi connectivity index (χ4v) is 2.41. The van der Waals surface area contributed by atoms with E-state index in [0.717, 1.165) is 40.1 Å². The van der Waals surface area contributed by atoms with Crippen LogP contribution in [0.4, 0.5) is 4.39 Å². The molecule has 19 heavy (non-hydrogen) atoms. The number of rotatable bonds is 5. The first kappa shape index (κ1) is 14.5. The average Bonchev–Trinajstić information content (AvgIpc) is 2.39. The fourth-order valence-electron chi connectivity index (χ4n) is 1.83. The summed E-state index contributed by atoms with van der Waals surface area (Å²) in [5.41, 5.74) is 2.12. The second kappa shape index (κ2) is 7.04. The molecular formula is C15H14BrClFN. The molecule has 2 aromatic rings. The van der Waals surface area contributed by atoms with Gasteiger partial charge < -0.3 is 5.32 Å². The van der Waals surface area contributed by atoms with E-state index >= 15 is 0 Å². The SMILES string of the molecule is Fc1cccc(CCNCc2cc(Cl)ccc2Br)c1. The predicted molar refractivity (Wildman–Crippen MR) is 81.0 cm³/mol. The number of halogens is 3. The Labute approximate surface area is 125 Å². The fraction of sp³-hybridized carbons (Fsp3) is 0.200. The molecule has 100 valence electrons. The summed E-state index contributed by atoms with van der Waals surface area (Å²) in [7, 11) is 0. The van der Waals surface area contributed by atoms with Gasteiger partial charge in [-0.2, -0.15) is 0 Å². The van der Waals surface area contributed by atoms with Crippen LogP contribution >= 0.6 is 27.5 Å². The molecule has 0 aliphatic heterocycles. The van der Waals surface area contributed by atoms with Crippen molar-refractivity contribution in [3.63, 3.8) is 0 Å². The van der Waals surface area contributed by atoms with Crippen molar-refractivity contribution in [1.82, 2.24) is 5.32 Å². The summed E-state index contributed by atoms with van der Waals surface area (Å²) < 4.78 is 14.0. The molecule has 0 fully saturated rings. The molecule has 0 aliphatic rings. The van der Waals surface area contributed by atoms with Crippen LogP contribution in [0.25, 0.3) is 0 Å². The van der Waals surface area contributed by atoms with Gasteiger partial charge in [0, 0.05) is 16.0 Å². The summed E-state index contributed by atoms with van der Waals surface area (Å²) in [5.74, 6) is -0.185. The molecule has 0 saturated carbocycles. The van der Waals surface area contributed by atoms with Crippen LogP contribution in [-0.2, 0) is 13.0 Å². The van der Waals surface area contributed by atoms with Crippen LogP contribution in [0.15, 0.2) is 46.9 Å². The Balaban J connectivity index is 1.82. The predicted octanol–water partition coefficient (Wildman–Crippen LogP) is 4.57. The Kier molecular flexibility index (Phi) is 5.37. The lowest BCUT2D eigenvalue weighted by Crippen LogP contribution is -2.17. The molecule has 1 nitrogen and oxygen atoms in total. The molecule has 0 aliphatic carbocycles. The van der Waals surface area contributed by atoms with Crippen molar-refractivity contribution in [1.29, 1.82) is 0 Å². The van der Waals surface area contributed by atoms with Crippen LogP contribution < -0.4 is 5.32 Å². The van der Waals surface area contributed by atoms with E-state index in [-0.39, 0.29) is 5.82 Å². The third-order valence-electron chi connectivity index (χ3n) is 2.80. The van der Waals surface area contributed by atoms with Gasteiger partial charge in [-0.25, -0.2) is 4.39 Å². The molecule has 2 aromatic carbocycles. The maximum Gasteiger partial charge on any atom is 0.123 e. The van der Waals surface area contributed by atoms with Crippen LogP contribution in [-0.4, -0.2) is 6.54 Å². The standard InChI is InChI=1S/C15H14BrClFN/c16-15-5-4-13(17)9-12(15)10-19-7-6-11-2-1-3-14(18)8-11/h1-5,8-9,19H,6-7,10H2. The summed E-state index contributed by atoms with van der Waals surface area (Å²) in [6.45, 7) is 1.53. The molecule has 0 saturated heterocycles. The Morgan fingerprint density at radius 2 is 2.00 bits per heavy atom. The van der Waals surface area contributed by atoms with E-state index in [9.17, 15) is 4.39 Å². The lowest BCUT2D eigenvalue weighted by molar-refractivity contribution is 0.622. The molecule has 0 radical (unpaired) electrons. The molecule has 4 heteroatoms. The van der Waals surface area contributed by atoms with Crippen molar-refractivity contribution < 1.29 is 4.39 Å². The van der Waals surface area contributed by atoms with Gasteiger partial charge in [0.2, 0.25) is 0 Å². The summed E-state index contributed by atoms with van der Waals surface area (Å²) in [5, 5.41) is 4.05. The Bertz CT molecular complexity index is 560. The van der Waals surface area contributed by atoms with Crippen LogP contribution in [0.3, 0.4) is 0 Å². The first-order valence-corrected chi connectivity index (χ1v) is 7.21. The molecule has 0 atom stereocenters. The number of hydrogen-bond donors (Lipinski definition) is 1. The second-order valence-electron chi connectivity index (χ2n) is 4.29. The van der Waals surface area contributed by atoms with Crippen molar-refractivity contribution in [3.05, 3.63) is 68.9 Å². The lowest BCUT2D eigenvalue weighted by Gasteiger charge is -2.07. The van der Waals surface area contributed by atoms with Gasteiger partial charge in [0.25, 0.3) is 0 Å². The largest absolute Gasteiger partial charge is 0.312 e. The molecule has 1 N–H and O–H groups in total. The van der Waals surface area contributed by atoms with Crippen molar-refractivity contribution in [2.24, 2.45) is 0 Å². The van der Waals surface area contributed by atoms with E-state index in [1.165, 1.54) is 6.07 Å². The highest BCUT2D eigenvalue weighted by Crippen LogP contribution is 2.20. The van der Waals surface area contributed by atoms with E-state index in [2.05, 4.69) is 21.2 Å². The van der Waals surface area contributed by atoms with E-state index in [1.54, 1.807) is 12.1 Å². The summed E-state index contributed by atoms with van der Waals surface area (Å²) in [4.78, 5) is 0. The van der Waals surface area contributed by atoms with Gasteiger partial charge in [-0.1, -0.05) is 39.7 Å². The van der Waals surface area contributed by atoms with Gasteiger partial charge in [0.1, 0.15) is 5.82 Å². The molecular weight excluding hydrogens is 329 g/mol. The van der Waals surface area contributed by atoms with Gasteiger partial charge in [0.05, 0.1) is 0 Å². The average molecular weight is 343 g/mol. The minimum absolute atomic E-state index is 0.185. The van der Waals surface area contributed by atoms with Crippen molar-refractivity contribution in [2.75, 3.05) is 6.54 Å². The van der Waals surface area contributed by atoms with Gasteiger partial charge in [-0.05, 0) is 54.4 Å². The van der Waals surface area contributed by atoms with Gasteiger partial charge in [-0.3, -0.25) is 0 Å². The van der Waals surface area contributed by atoms with Gasteiger partial charge in [0.15, 0.2) is 0 Å². The maximum atomic E-state index is 13.0. The summed E-state index contributed by atoms with van der Waals surface area (Å²) >= 11 is 9.44. The van der Waals surface area contributed by atoms with E-state index < -0.39 is 0 Å². The quantitative estimate of drug-likeness (QED) is 0.785. The normalized spacial score (nSPS) is 10.7. The minimum Gasteiger partial charge on any atom is -0.312 e. The topological polar surface area (TPSA) is 12.0 Å². The Hall–Kier alpha value is -0.900. The number of hydrogen-bond acceptors (Lipinski definition) is 1. The zero-order chi connectivity index (χ0) is 13.7. The Morgan fingerprint density at radius 1 is 1.16 bits per heavy atom. The van der Waals surface area contributed by atoms with E-state index in [4.69, 9.17) is 11.6 Å². The molecule has 0 amide bonds. The summed E-state index contributed by atoms with van der Waals surface area (Å²) in [6.07, 6.45) is 0.802. The first-order valence-electron chi connectivity index (χ1n) is 6.04. The third kappa shape index (κ3) is 4.60. The minimum atomic E-state index is -0.185. The maximum absolute atomic E-state index is 13.0. The summed E-state index contributed by atoms with van der Waals surface area (Å²) in [6, 6.07) is 12.4. The number of nitrogens with one attached hydrogen (secondary N) is 1. The molecule has 0 aromatic heterocycles. The second-order valence-corrected chi connectivity index (χ2v) is 5.58. The van der Waals surface area contributed by atoms with Crippen molar-refractivity contribution >= 4 is 27.5 Å². The molecule has 0 spiro atoms.